The van der Waals surface area contributed by atoms with Gasteiger partial charge in [0, 0.05) is 62.5 Å². The maximum atomic E-state index is 13.5. The van der Waals surface area contributed by atoms with Crippen molar-refractivity contribution >= 4 is 22.7 Å². The second-order valence-electron chi connectivity index (χ2n) is 7.21. The molecule has 0 radical (unpaired) electrons. The number of hydrogen-bond donors (Lipinski definition) is 2. The van der Waals surface area contributed by atoms with Crippen LogP contribution in [0.25, 0.3) is 10.9 Å². The SMILES string of the molecule is CC(=O)N1Cc2cn(C)nc2[C@H](C(=O)NCCc2c[nH]c3ccc(F)cc23)C1. The van der Waals surface area contributed by atoms with Crippen molar-refractivity contribution in [3.63, 3.8) is 0 Å². The molecular weight excluding hydrogens is 361 g/mol. The lowest BCUT2D eigenvalue weighted by molar-refractivity contribution is -0.131. The highest BCUT2D eigenvalue weighted by molar-refractivity contribution is 5.86. The minimum absolute atomic E-state index is 0.0619. The third-order valence-corrected chi connectivity index (χ3v) is 5.22. The topological polar surface area (TPSA) is 83.0 Å². The third-order valence-electron chi connectivity index (χ3n) is 5.22. The van der Waals surface area contributed by atoms with Gasteiger partial charge in [0.25, 0.3) is 0 Å². The molecule has 1 atom stereocenters. The van der Waals surface area contributed by atoms with E-state index < -0.39 is 5.92 Å². The Bertz CT molecular complexity index is 1050. The van der Waals surface area contributed by atoms with Gasteiger partial charge in [-0.1, -0.05) is 0 Å². The first kappa shape index (κ1) is 18.2. The summed E-state index contributed by atoms with van der Waals surface area (Å²) in [6, 6.07) is 4.61. The number of nitrogens with zero attached hydrogens (tertiary/aromatic N) is 3. The van der Waals surface area contributed by atoms with Gasteiger partial charge >= 0.3 is 0 Å². The number of benzene rings is 1. The Morgan fingerprint density at radius 2 is 2.21 bits per heavy atom. The van der Waals surface area contributed by atoms with Crippen molar-refractivity contribution in [2.45, 2.75) is 25.8 Å². The summed E-state index contributed by atoms with van der Waals surface area (Å²) < 4.78 is 15.2. The van der Waals surface area contributed by atoms with Crippen molar-refractivity contribution in [2.24, 2.45) is 7.05 Å². The molecule has 8 heteroatoms. The van der Waals surface area contributed by atoms with Gasteiger partial charge in [-0.25, -0.2) is 4.39 Å². The molecule has 146 valence electrons. The zero-order valence-electron chi connectivity index (χ0n) is 15.8. The number of rotatable bonds is 4. The minimum atomic E-state index is -0.491. The van der Waals surface area contributed by atoms with Gasteiger partial charge in [-0.05, 0) is 30.2 Å². The predicted octanol–water partition coefficient (Wildman–Crippen LogP) is 1.85. The fraction of sp³-hybridized carbons (Fsp3) is 0.350. The van der Waals surface area contributed by atoms with E-state index in [2.05, 4.69) is 15.4 Å². The molecule has 28 heavy (non-hydrogen) atoms. The van der Waals surface area contributed by atoms with E-state index in [1.54, 1.807) is 15.6 Å². The third kappa shape index (κ3) is 3.37. The quantitative estimate of drug-likeness (QED) is 0.721. The van der Waals surface area contributed by atoms with Crippen LogP contribution in [-0.4, -0.2) is 44.6 Å². The van der Waals surface area contributed by atoms with Crippen LogP contribution in [0, 0.1) is 5.82 Å². The van der Waals surface area contributed by atoms with Crippen molar-refractivity contribution in [3.8, 4) is 0 Å². The second kappa shape index (κ2) is 7.10. The van der Waals surface area contributed by atoms with Gasteiger partial charge in [-0.15, -0.1) is 0 Å². The lowest BCUT2D eigenvalue weighted by Crippen LogP contribution is -2.43. The summed E-state index contributed by atoms with van der Waals surface area (Å²) in [5.41, 5.74) is 3.44. The molecule has 0 aliphatic carbocycles. The van der Waals surface area contributed by atoms with E-state index in [1.807, 2.05) is 19.4 Å². The number of H-pyrrole nitrogens is 1. The normalized spacial score (nSPS) is 16.2. The van der Waals surface area contributed by atoms with Crippen LogP contribution >= 0.6 is 0 Å². The molecule has 0 fully saturated rings. The van der Waals surface area contributed by atoms with Crippen molar-refractivity contribution in [2.75, 3.05) is 13.1 Å². The van der Waals surface area contributed by atoms with Crippen LogP contribution in [0.15, 0.2) is 30.6 Å². The summed E-state index contributed by atoms with van der Waals surface area (Å²) in [4.78, 5) is 29.4. The van der Waals surface area contributed by atoms with E-state index >= 15 is 0 Å². The Morgan fingerprint density at radius 3 is 3.00 bits per heavy atom. The fourth-order valence-corrected chi connectivity index (χ4v) is 3.80. The van der Waals surface area contributed by atoms with E-state index in [0.29, 0.717) is 26.1 Å². The van der Waals surface area contributed by atoms with Gasteiger partial charge in [0.05, 0.1) is 11.6 Å². The maximum absolute atomic E-state index is 13.5. The Morgan fingerprint density at radius 1 is 1.39 bits per heavy atom. The smallest absolute Gasteiger partial charge is 0.231 e. The molecule has 0 unspecified atom stereocenters. The van der Waals surface area contributed by atoms with Crippen LogP contribution in [0.2, 0.25) is 0 Å². The molecule has 2 aromatic heterocycles. The second-order valence-corrected chi connectivity index (χ2v) is 7.21. The van der Waals surface area contributed by atoms with Crippen LogP contribution in [0.5, 0.6) is 0 Å². The summed E-state index contributed by atoms with van der Waals surface area (Å²) in [6.07, 6.45) is 4.27. The number of aromatic amines is 1. The molecule has 2 N–H and O–H groups in total. The van der Waals surface area contributed by atoms with E-state index in [-0.39, 0.29) is 17.6 Å². The standard InChI is InChI=1S/C20H22FN5O2/c1-12(27)26-10-14-9-25(2)24-19(14)17(11-26)20(28)22-6-5-13-8-23-18-4-3-15(21)7-16(13)18/h3-4,7-9,17,23H,5-6,10-11H2,1-2H3,(H,22,28)/t17-/m1/s1. The molecule has 3 heterocycles. The van der Waals surface area contributed by atoms with Gasteiger partial charge in [0.2, 0.25) is 11.8 Å². The number of amides is 2. The number of nitrogens with one attached hydrogen (secondary N) is 2. The Labute approximate surface area is 161 Å². The molecule has 2 amide bonds. The zero-order valence-corrected chi connectivity index (χ0v) is 15.8. The lowest BCUT2D eigenvalue weighted by atomic mass is 9.95. The van der Waals surface area contributed by atoms with Crippen molar-refractivity contribution in [3.05, 3.63) is 53.2 Å². The average molecular weight is 383 g/mol. The molecule has 0 bridgehead atoms. The molecule has 0 saturated carbocycles. The summed E-state index contributed by atoms with van der Waals surface area (Å²) in [7, 11) is 1.81. The highest BCUT2D eigenvalue weighted by Gasteiger charge is 2.34. The number of halogens is 1. The molecule has 3 aromatic rings. The zero-order chi connectivity index (χ0) is 19.8. The predicted molar refractivity (Wildman–Crippen MR) is 102 cm³/mol. The average Bonchev–Trinajstić information content (AvgIpc) is 3.22. The first-order chi connectivity index (χ1) is 13.4. The van der Waals surface area contributed by atoms with Crippen molar-refractivity contribution < 1.29 is 14.0 Å². The maximum Gasteiger partial charge on any atom is 0.231 e. The molecule has 0 saturated heterocycles. The number of fused-ring (bicyclic) bond motifs is 2. The van der Waals surface area contributed by atoms with E-state index in [1.165, 1.54) is 19.1 Å². The Balaban J connectivity index is 1.45. The highest BCUT2D eigenvalue weighted by Crippen LogP contribution is 2.27. The van der Waals surface area contributed by atoms with E-state index in [9.17, 15) is 14.0 Å². The molecular formula is C20H22FN5O2. The van der Waals surface area contributed by atoms with Crippen LogP contribution in [0.1, 0.15) is 29.7 Å². The molecule has 1 aliphatic heterocycles. The monoisotopic (exact) mass is 383 g/mol. The van der Waals surface area contributed by atoms with Gasteiger partial charge in [0.15, 0.2) is 0 Å². The molecule has 4 rings (SSSR count). The van der Waals surface area contributed by atoms with Crippen LogP contribution in [-0.2, 0) is 29.6 Å². The number of aryl methyl sites for hydroxylation is 1. The lowest BCUT2D eigenvalue weighted by Gasteiger charge is -2.30. The summed E-state index contributed by atoms with van der Waals surface area (Å²) in [6.45, 7) is 2.72. The first-order valence-corrected chi connectivity index (χ1v) is 9.23. The molecule has 1 aliphatic rings. The van der Waals surface area contributed by atoms with Crippen molar-refractivity contribution in [1.82, 2.24) is 25.0 Å². The molecule has 0 spiro atoms. The van der Waals surface area contributed by atoms with Gasteiger partial charge in [-0.2, -0.15) is 5.10 Å². The Hall–Kier alpha value is -3.16. The van der Waals surface area contributed by atoms with E-state index in [4.69, 9.17) is 0 Å². The molecule has 7 nitrogen and oxygen atoms in total. The van der Waals surface area contributed by atoms with E-state index in [0.717, 1.165) is 27.7 Å². The number of carbonyl (C=O) groups is 2. The number of hydrogen-bond acceptors (Lipinski definition) is 3. The van der Waals surface area contributed by atoms with Crippen molar-refractivity contribution in [1.29, 1.82) is 0 Å². The Kier molecular flexibility index (Phi) is 4.62. The fourth-order valence-electron chi connectivity index (χ4n) is 3.80. The van der Waals surface area contributed by atoms with Crippen LogP contribution in [0.4, 0.5) is 4.39 Å². The molecule has 1 aromatic carbocycles. The summed E-state index contributed by atoms with van der Waals surface area (Å²) in [5.74, 6) is -0.995. The summed E-state index contributed by atoms with van der Waals surface area (Å²) in [5, 5.41) is 8.19. The van der Waals surface area contributed by atoms with Gasteiger partial charge in [0.1, 0.15) is 5.82 Å². The summed E-state index contributed by atoms with van der Waals surface area (Å²) >= 11 is 0. The largest absolute Gasteiger partial charge is 0.361 e. The van der Waals surface area contributed by atoms with Gasteiger partial charge < -0.3 is 15.2 Å². The first-order valence-electron chi connectivity index (χ1n) is 9.23. The number of carbonyl (C=O) groups excluding carboxylic acids is 2. The minimum Gasteiger partial charge on any atom is -0.361 e. The number of aromatic nitrogens is 3. The highest BCUT2D eigenvalue weighted by atomic mass is 19.1. The van der Waals surface area contributed by atoms with Crippen LogP contribution < -0.4 is 5.32 Å². The van der Waals surface area contributed by atoms with Gasteiger partial charge in [-0.3, -0.25) is 14.3 Å². The van der Waals surface area contributed by atoms with Crippen LogP contribution in [0.3, 0.4) is 0 Å².